The SMILES string of the molecule is O=C(O)c1ccc(NC(=NCCc2ccccc2)N2CCN(Cc3ccccc3F)CC2)cc1. The number of anilines is 1. The van der Waals surface area contributed by atoms with Gasteiger partial charge in [-0.3, -0.25) is 9.89 Å². The van der Waals surface area contributed by atoms with Gasteiger partial charge in [-0.1, -0.05) is 48.5 Å². The average Bonchev–Trinajstić information content (AvgIpc) is 2.86. The van der Waals surface area contributed by atoms with Gasteiger partial charge in [0, 0.05) is 50.5 Å². The number of carboxylic acid groups (broad SMARTS) is 1. The van der Waals surface area contributed by atoms with E-state index in [0.717, 1.165) is 44.2 Å². The number of carbonyl (C=O) groups is 1. The Kier molecular flexibility index (Phi) is 7.88. The van der Waals surface area contributed by atoms with E-state index in [1.54, 1.807) is 30.3 Å². The molecule has 0 radical (unpaired) electrons. The monoisotopic (exact) mass is 460 g/mol. The van der Waals surface area contributed by atoms with Gasteiger partial charge in [0.25, 0.3) is 0 Å². The van der Waals surface area contributed by atoms with E-state index in [9.17, 15) is 9.18 Å². The van der Waals surface area contributed by atoms with Crippen molar-refractivity contribution in [2.24, 2.45) is 4.99 Å². The zero-order valence-corrected chi connectivity index (χ0v) is 19.0. The molecule has 0 amide bonds. The Labute approximate surface area is 199 Å². The molecule has 0 spiro atoms. The summed E-state index contributed by atoms with van der Waals surface area (Å²) < 4.78 is 14.0. The van der Waals surface area contributed by atoms with E-state index in [4.69, 9.17) is 10.1 Å². The molecule has 1 saturated heterocycles. The summed E-state index contributed by atoms with van der Waals surface area (Å²) in [4.78, 5) is 20.5. The molecule has 0 bridgehead atoms. The molecular weight excluding hydrogens is 431 g/mol. The van der Waals surface area contributed by atoms with E-state index < -0.39 is 5.97 Å². The van der Waals surface area contributed by atoms with Gasteiger partial charge in [0.1, 0.15) is 5.82 Å². The molecule has 176 valence electrons. The Morgan fingerprint density at radius 2 is 1.59 bits per heavy atom. The smallest absolute Gasteiger partial charge is 0.335 e. The predicted octanol–water partition coefficient (Wildman–Crippen LogP) is 4.35. The van der Waals surface area contributed by atoms with Gasteiger partial charge in [0.15, 0.2) is 5.96 Å². The molecule has 3 aromatic rings. The summed E-state index contributed by atoms with van der Waals surface area (Å²) in [5, 5.41) is 12.5. The Morgan fingerprint density at radius 1 is 0.912 bits per heavy atom. The molecule has 0 aliphatic carbocycles. The molecular formula is C27H29FN4O2. The summed E-state index contributed by atoms with van der Waals surface area (Å²) in [6, 6.07) is 23.8. The second-order valence-electron chi connectivity index (χ2n) is 8.30. The van der Waals surface area contributed by atoms with Crippen molar-refractivity contribution in [2.45, 2.75) is 13.0 Å². The molecule has 1 heterocycles. The van der Waals surface area contributed by atoms with Crippen LogP contribution in [0.2, 0.25) is 0 Å². The van der Waals surface area contributed by atoms with Gasteiger partial charge in [0.05, 0.1) is 5.56 Å². The quantitative estimate of drug-likeness (QED) is 0.405. The highest BCUT2D eigenvalue weighted by Crippen LogP contribution is 2.15. The van der Waals surface area contributed by atoms with E-state index >= 15 is 0 Å². The predicted molar refractivity (Wildman–Crippen MR) is 133 cm³/mol. The van der Waals surface area contributed by atoms with Crippen LogP contribution in [0.1, 0.15) is 21.5 Å². The number of benzene rings is 3. The van der Waals surface area contributed by atoms with E-state index in [2.05, 4.69) is 27.2 Å². The van der Waals surface area contributed by atoms with E-state index in [0.29, 0.717) is 18.7 Å². The van der Waals surface area contributed by atoms with Crippen molar-refractivity contribution in [1.29, 1.82) is 0 Å². The van der Waals surface area contributed by atoms with Crippen molar-refractivity contribution < 1.29 is 14.3 Å². The van der Waals surface area contributed by atoms with E-state index in [1.807, 2.05) is 30.3 Å². The Hall–Kier alpha value is -3.71. The summed E-state index contributed by atoms with van der Waals surface area (Å²) >= 11 is 0. The topological polar surface area (TPSA) is 68.2 Å². The second-order valence-corrected chi connectivity index (χ2v) is 8.30. The number of nitrogens with one attached hydrogen (secondary N) is 1. The largest absolute Gasteiger partial charge is 0.478 e. The van der Waals surface area contributed by atoms with Crippen LogP contribution in [-0.4, -0.2) is 59.6 Å². The molecule has 1 aliphatic rings. The average molecular weight is 461 g/mol. The molecule has 1 fully saturated rings. The number of aliphatic imine (C=N–C) groups is 1. The first-order chi connectivity index (χ1) is 16.6. The van der Waals surface area contributed by atoms with Crippen molar-refractivity contribution >= 4 is 17.6 Å². The van der Waals surface area contributed by atoms with Crippen molar-refractivity contribution in [3.8, 4) is 0 Å². The van der Waals surface area contributed by atoms with Crippen LogP contribution >= 0.6 is 0 Å². The zero-order valence-electron chi connectivity index (χ0n) is 19.0. The van der Waals surface area contributed by atoms with Gasteiger partial charge in [-0.2, -0.15) is 0 Å². The summed E-state index contributed by atoms with van der Waals surface area (Å²) in [7, 11) is 0. The first-order valence-electron chi connectivity index (χ1n) is 11.5. The number of hydrogen-bond acceptors (Lipinski definition) is 3. The maximum Gasteiger partial charge on any atom is 0.335 e. The van der Waals surface area contributed by atoms with Gasteiger partial charge >= 0.3 is 5.97 Å². The van der Waals surface area contributed by atoms with Gasteiger partial charge in [-0.25, -0.2) is 9.18 Å². The molecule has 7 heteroatoms. The Balaban J connectivity index is 1.42. The lowest BCUT2D eigenvalue weighted by molar-refractivity contribution is 0.0697. The number of guanidine groups is 1. The normalized spacial score (nSPS) is 14.7. The number of carboxylic acids is 1. The molecule has 0 saturated carbocycles. The third-order valence-electron chi connectivity index (χ3n) is 5.92. The van der Waals surface area contributed by atoms with Crippen LogP contribution in [0.5, 0.6) is 0 Å². The standard InChI is InChI=1S/C27H29FN4O2/c28-25-9-5-4-8-23(25)20-31-16-18-32(19-17-31)27(29-15-14-21-6-2-1-3-7-21)30-24-12-10-22(11-13-24)26(33)34/h1-13H,14-20H2,(H,29,30)(H,33,34). The number of aromatic carboxylic acids is 1. The summed E-state index contributed by atoms with van der Waals surface area (Å²) in [5.74, 6) is -0.349. The fraction of sp³-hybridized carbons (Fsp3) is 0.259. The third-order valence-corrected chi connectivity index (χ3v) is 5.92. The molecule has 34 heavy (non-hydrogen) atoms. The lowest BCUT2D eigenvalue weighted by atomic mass is 10.1. The molecule has 4 rings (SSSR count). The zero-order chi connectivity index (χ0) is 23.8. The van der Waals surface area contributed by atoms with Crippen LogP contribution in [-0.2, 0) is 13.0 Å². The number of nitrogens with zero attached hydrogens (tertiary/aromatic N) is 3. The molecule has 3 aromatic carbocycles. The Morgan fingerprint density at radius 3 is 2.26 bits per heavy atom. The first kappa shape index (κ1) is 23.4. The summed E-state index contributed by atoms with van der Waals surface area (Å²) in [5.41, 5.74) is 2.97. The maximum absolute atomic E-state index is 14.0. The van der Waals surface area contributed by atoms with E-state index in [-0.39, 0.29) is 11.4 Å². The minimum atomic E-state index is -0.950. The lowest BCUT2D eigenvalue weighted by Crippen LogP contribution is -2.50. The number of hydrogen-bond donors (Lipinski definition) is 2. The number of piperazine rings is 1. The van der Waals surface area contributed by atoms with Crippen LogP contribution in [0, 0.1) is 5.82 Å². The molecule has 6 nitrogen and oxygen atoms in total. The molecule has 0 atom stereocenters. The van der Waals surface area contributed by atoms with Gasteiger partial charge in [0.2, 0.25) is 0 Å². The van der Waals surface area contributed by atoms with Crippen molar-refractivity contribution in [3.63, 3.8) is 0 Å². The lowest BCUT2D eigenvalue weighted by Gasteiger charge is -2.36. The highest BCUT2D eigenvalue weighted by molar-refractivity contribution is 5.94. The van der Waals surface area contributed by atoms with Crippen LogP contribution in [0.15, 0.2) is 83.9 Å². The maximum atomic E-state index is 14.0. The third kappa shape index (κ3) is 6.42. The minimum Gasteiger partial charge on any atom is -0.478 e. The van der Waals surface area contributed by atoms with Crippen molar-refractivity contribution in [1.82, 2.24) is 9.80 Å². The number of halogens is 1. The molecule has 0 aromatic heterocycles. The summed E-state index contributed by atoms with van der Waals surface area (Å²) in [6.45, 7) is 4.34. The molecule has 2 N–H and O–H groups in total. The highest BCUT2D eigenvalue weighted by atomic mass is 19.1. The Bertz CT molecular complexity index is 1110. The second kappa shape index (κ2) is 11.4. The minimum absolute atomic E-state index is 0.167. The highest BCUT2D eigenvalue weighted by Gasteiger charge is 2.21. The summed E-state index contributed by atoms with van der Waals surface area (Å²) in [6.07, 6.45) is 0.831. The van der Waals surface area contributed by atoms with Crippen LogP contribution in [0.4, 0.5) is 10.1 Å². The first-order valence-corrected chi connectivity index (χ1v) is 11.5. The fourth-order valence-corrected chi connectivity index (χ4v) is 3.96. The fourth-order valence-electron chi connectivity index (χ4n) is 3.96. The molecule has 1 aliphatic heterocycles. The van der Waals surface area contributed by atoms with Crippen LogP contribution in [0.3, 0.4) is 0 Å². The van der Waals surface area contributed by atoms with Crippen molar-refractivity contribution in [3.05, 3.63) is 101 Å². The molecule has 0 unspecified atom stereocenters. The van der Waals surface area contributed by atoms with Gasteiger partial charge in [-0.15, -0.1) is 0 Å². The van der Waals surface area contributed by atoms with Crippen molar-refractivity contribution in [2.75, 3.05) is 38.0 Å². The van der Waals surface area contributed by atoms with Gasteiger partial charge in [-0.05, 0) is 42.3 Å². The van der Waals surface area contributed by atoms with Crippen LogP contribution < -0.4 is 5.32 Å². The van der Waals surface area contributed by atoms with Crippen LogP contribution in [0.25, 0.3) is 0 Å². The van der Waals surface area contributed by atoms with Gasteiger partial charge < -0.3 is 15.3 Å². The van der Waals surface area contributed by atoms with E-state index in [1.165, 1.54) is 11.6 Å². The number of rotatable bonds is 7.